The zero-order valence-electron chi connectivity index (χ0n) is 11.7. The van der Waals surface area contributed by atoms with E-state index in [2.05, 4.69) is 27.9 Å². The molecule has 0 spiro atoms. The number of halogens is 1. The maximum absolute atomic E-state index is 12.1. The van der Waals surface area contributed by atoms with E-state index in [9.17, 15) is 9.59 Å². The quantitative estimate of drug-likeness (QED) is 0.704. The molecule has 0 aliphatic carbocycles. The fraction of sp³-hybridized carbons (Fsp3) is 0.467. The topological polar surface area (TPSA) is 66.4 Å². The Morgan fingerprint density at radius 3 is 2.50 bits per heavy atom. The summed E-state index contributed by atoms with van der Waals surface area (Å²) >= 11 is 2.14. The summed E-state index contributed by atoms with van der Waals surface area (Å²) in [7, 11) is 0. The number of aliphatic carboxylic acids is 1. The van der Waals surface area contributed by atoms with E-state index in [4.69, 9.17) is 5.11 Å². The maximum atomic E-state index is 12.1. The number of carboxylic acids is 1. The van der Waals surface area contributed by atoms with Gasteiger partial charge < -0.3 is 10.4 Å². The predicted octanol–water partition coefficient (Wildman–Crippen LogP) is 3.30. The minimum absolute atomic E-state index is 0.0412. The summed E-state index contributed by atoms with van der Waals surface area (Å²) in [5.41, 5.74) is 0.679. The Morgan fingerprint density at radius 2 is 1.90 bits per heavy atom. The number of benzene rings is 1. The van der Waals surface area contributed by atoms with Gasteiger partial charge in [0.25, 0.3) is 5.91 Å². The van der Waals surface area contributed by atoms with Crippen LogP contribution in [0.2, 0.25) is 0 Å². The molecule has 0 aromatic heterocycles. The van der Waals surface area contributed by atoms with Crippen LogP contribution in [0.1, 0.15) is 43.5 Å². The monoisotopic (exact) mass is 389 g/mol. The zero-order chi connectivity index (χ0) is 15.1. The van der Waals surface area contributed by atoms with Crippen LogP contribution in [0.4, 0.5) is 0 Å². The van der Waals surface area contributed by atoms with Gasteiger partial charge in [0.2, 0.25) is 0 Å². The fourth-order valence-corrected chi connectivity index (χ4v) is 2.51. The van der Waals surface area contributed by atoms with Gasteiger partial charge in [-0.2, -0.15) is 0 Å². The average molecular weight is 389 g/mol. The summed E-state index contributed by atoms with van der Waals surface area (Å²) in [6.07, 6.45) is 2.21. The molecule has 0 heterocycles. The lowest BCUT2D eigenvalue weighted by atomic mass is 10.0. The molecule has 4 nitrogen and oxygen atoms in total. The summed E-state index contributed by atoms with van der Waals surface area (Å²) in [6, 6.07) is 7.48. The predicted molar refractivity (Wildman–Crippen MR) is 86.7 cm³/mol. The van der Waals surface area contributed by atoms with Crippen molar-refractivity contribution >= 4 is 34.5 Å². The third kappa shape index (κ3) is 5.48. The van der Waals surface area contributed by atoms with Crippen LogP contribution in [0.25, 0.3) is 0 Å². The van der Waals surface area contributed by atoms with Crippen LogP contribution in [0, 0.1) is 9.49 Å². The molecular formula is C15H20INO3. The van der Waals surface area contributed by atoms with Crippen molar-refractivity contribution in [1.29, 1.82) is 0 Å². The van der Waals surface area contributed by atoms with Gasteiger partial charge in [-0.1, -0.05) is 25.5 Å². The Morgan fingerprint density at radius 1 is 1.25 bits per heavy atom. The third-order valence-corrected chi connectivity index (χ3v) is 4.13. The number of hydrogen-bond acceptors (Lipinski definition) is 2. The smallest absolute Gasteiger partial charge is 0.306 e. The van der Waals surface area contributed by atoms with Crippen LogP contribution in [-0.4, -0.2) is 23.0 Å². The summed E-state index contributed by atoms with van der Waals surface area (Å²) in [5, 5.41) is 11.8. The SMILES string of the molecule is CC(CCCC(C)C(=O)O)NC(=O)c1ccccc1I. The van der Waals surface area contributed by atoms with E-state index in [1.807, 2.05) is 25.1 Å². The minimum Gasteiger partial charge on any atom is -0.481 e. The maximum Gasteiger partial charge on any atom is 0.306 e. The Bertz CT molecular complexity index is 476. The highest BCUT2D eigenvalue weighted by atomic mass is 127. The summed E-state index contributed by atoms with van der Waals surface area (Å²) < 4.78 is 0.925. The first kappa shape index (κ1) is 16.9. The van der Waals surface area contributed by atoms with Crippen molar-refractivity contribution in [3.8, 4) is 0 Å². The van der Waals surface area contributed by atoms with Gasteiger partial charge >= 0.3 is 5.97 Å². The number of rotatable bonds is 7. The Hall–Kier alpha value is -1.11. The lowest BCUT2D eigenvalue weighted by Gasteiger charge is -2.15. The normalized spacial score (nSPS) is 13.6. The number of hydrogen-bond donors (Lipinski definition) is 2. The van der Waals surface area contributed by atoms with Crippen LogP contribution < -0.4 is 5.32 Å². The van der Waals surface area contributed by atoms with Gasteiger partial charge in [0, 0.05) is 9.61 Å². The van der Waals surface area contributed by atoms with Gasteiger partial charge in [-0.15, -0.1) is 0 Å². The molecule has 0 aliphatic rings. The van der Waals surface area contributed by atoms with Crippen LogP contribution in [-0.2, 0) is 4.79 Å². The van der Waals surface area contributed by atoms with E-state index in [0.717, 1.165) is 16.4 Å². The molecule has 2 N–H and O–H groups in total. The minimum atomic E-state index is -0.763. The number of carbonyl (C=O) groups excluding carboxylic acids is 1. The van der Waals surface area contributed by atoms with Crippen molar-refractivity contribution in [1.82, 2.24) is 5.32 Å². The van der Waals surface area contributed by atoms with E-state index < -0.39 is 5.97 Å². The largest absolute Gasteiger partial charge is 0.481 e. The first-order chi connectivity index (χ1) is 9.41. The van der Waals surface area contributed by atoms with Gasteiger partial charge in [0.15, 0.2) is 0 Å². The van der Waals surface area contributed by atoms with Crippen molar-refractivity contribution in [3.63, 3.8) is 0 Å². The highest BCUT2D eigenvalue weighted by molar-refractivity contribution is 14.1. The Balaban J connectivity index is 2.39. The number of nitrogens with one attached hydrogen (secondary N) is 1. The molecule has 110 valence electrons. The van der Waals surface area contributed by atoms with Crippen molar-refractivity contribution in [2.45, 2.75) is 39.2 Å². The summed E-state index contributed by atoms with van der Waals surface area (Å²) in [5.74, 6) is -1.16. The van der Waals surface area contributed by atoms with Crippen molar-refractivity contribution < 1.29 is 14.7 Å². The van der Waals surface area contributed by atoms with Gasteiger partial charge in [-0.25, -0.2) is 0 Å². The molecule has 0 aliphatic heterocycles. The molecule has 1 aromatic carbocycles. The molecule has 1 aromatic rings. The molecule has 1 rings (SSSR count). The standard InChI is InChI=1S/C15H20INO3/c1-10(15(19)20)6-5-7-11(2)17-14(18)12-8-3-4-9-13(12)16/h3-4,8-11H,5-7H2,1-2H3,(H,17,18)(H,19,20). The van der Waals surface area contributed by atoms with Crippen molar-refractivity contribution in [2.24, 2.45) is 5.92 Å². The molecule has 0 radical (unpaired) electrons. The fourth-order valence-electron chi connectivity index (χ4n) is 1.87. The number of carboxylic acid groups (broad SMARTS) is 1. The molecule has 2 unspecified atom stereocenters. The lowest BCUT2D eigenvalue weighted by Crippen LogP contribution is -2.33. The molecule has 20 heavy (non-hydrogen) atoms. The molecular weight excluding hydrogens is 369 g/mol. The molecule has 1 amide bonds. The van der Waals surface area contributed by atoms with E-state index in [1.54, 1.807) is 13.0 Å². The average Bonchev–Trinajstić information content (AvgIpc) is 2.38. The van der Waals surface area contributed by atoms with Crippen LogP contribution >= 0.6 is 22.6 Å². The molecule has 0 bridgehead atoms. The molecule has 0 fully saturated rings. The molecule has 0 saturated heterocycles. The second kappa shape index (κ2) is 8.24. The van der Waals surface area contributed by atoms with E-state index in [1.165, 1.54) is 0 Å². The molecule has 0 saturated carbocycles. The second-order valence-corrected chi connectivity index (χ2v) is 6.19. The third-order valence-electron chi connectivity index (χ3n) is 3.19. The van der Waals surface area contributed by atoms with Gasteiger partial charge in [-0.3, -0.25) is 9.59 Å². The second-order valence-electron chi connectivity index (χ2n) is 5.02. The van der Waals surface area contributed by atoms with Crippen LogP contribution in [0.5, 0.6) is 0 Å². The van der Waals surface area contributed by atoms with Crippen LogP contribution in [0.3, 0.4) is 0 Å². The van der Waals surface area contributed by atoms with Gasteiger partial charge in [0.05, 0.1) is 11.5 Å². The zero-order valence-corrected chi connectivity index (χ0v) is 13.9. The molecule has 2 atom stereocenters. The van der Waals surface area contributed by atoms with Crippen molar-refractivity contribution in [3.05, 3.63) is 33.4 Å². The highest BCUT2D eigenvalue weighted by Crippen LogP contribution is 2.13. The van der Waals surface area contributed by atoms with E-state index in [-0.39, 0.29) is 17.9 Å². The van der Waals surface area contributed by atoms with Gasteiger partial charge in [0.1, 0.15) is 0 Å². The number of carbonyl (C=O) groups is 2. The Labute approximate surface area is 133 Å². The van der Waals surface area contributed by atoms with E-state index >= 15 is 0 Å². The molecule has 5 heteroatoms. The number of amides is 1. The van der Waals surface area contributed by atoms with E-state index in [0.29, 0.717) is 12.0 Å². The lowest BCUT2D eigenvalue weighted by molar-refractivity contribution is -0.141. The van der Waals surface area contributed by atoms with Gasteiger partial charge in [-0.05, 0) is 54.5 Å². The Kier molecular flexibility index (Phi) is 6.98. The first-order valence-electron chi connectivity index (χ1n) is 6.70. The first-order valence-corrected chi connectivity index (χ1v) is 7.78. The highest BCUT2D eigenvalue weighted by Gasteiger charge is 2.14. The van der Waals surface area contributed by atoms with Crippen molar-refractivity contribution in [2.75, 3.05) is 0 Å². The van der Waals surface area contributed by atoms with Crippen LogP contribution in [0.15, 0.2) is 24.3 Å². The summed E-state index contributed by atoms with van der Waals surface area (Å²) in [4.78, 5) is 22.8. The summed E-state index contributed by atoms with van der Waals surface area (Å²) in [6.45, 7) is 3.65.